The minimum absolute atomic E-state index is 0.0494. The molecule has 1 N–H and O–H groups in total. The number of aromatic nitrogens is 4. The number of para-hydroxylation sites is 1. The molecule has 3 aromatic rings. The number of fused-ring (bicyclic) bond motifs is 1. The molecule has 1 atom stereocenters. The van der Waals surface area contributed by atoms with Crippen molar-refractivity contribution in [2.45, 2.75) is 31.8 Å². The Balaban J connectivity index is 1.35. The lowest BCUT2D eigenvalue weighted by Crippen LogP contribution is -2.39. The number of likely N-dealkylation sites (tertiary alicyclic amines) is 1. The predicted molar refractivity (Wildman–Crippen MR) is 103 cm³/mol. The van der Waals surface area contributed by atoms with E-state index in [2.05, 4.69) is 25.5 Å². The Morgan fingerprint density at radius 1 is 1.15 bits per heavy atom. The third kappa shape index (κ3) is 3.98. The van der Waals surface area contributed by atoms with E-state index in [0.717, 1.165) is 55.5 Å². The van der Waals surface area contributed by atoms with Gasteiger partial charge in [0.05, 0.1) is 5.52 Å². The number of hydrogen-bond acceptors (Lipinski definition) is 5. The second-order valence-corrected chi connectivity index (χ2v) is 6.88. The molecule has 140 valence electrons. The smallest absolute Gasteiger partial charge is 0.242 e. The Morgan fingerprint density at radius 3 is 2.81 bits per heavy atom. The Bertz CT molecular complexity index is 888. The van der Waals surface area contributed by atoms with E-state index in [0.29, 0.717) is 6.54 Å². The molecule has 0 saturated carbocycles. The topological polar surface area (TPSA) is 75.9 Å². The third-order valence-electron chi connectivity index (χ3n) is 5.02. The molecule has 1 amide bonds. The van der Waals surface area contributed by atoms with Gasteiger partial charge in [-0.1, -0.05) is 23.4 Å². The summed E-state index contributed by atoms with van der Waals surface area (Å²) in [5.41, 5.74) is 2.88. The summed E-state index contributed by atoms with van der Waals surface area (Å²) < 4.78 is 1.89. The highest BCUT2D eigenvalue weighted by molar-refractivity contribution is 5.83. The van der Waals surface area contributed by atoms with E-state index in [1.807, 2.05) is 41.1 Å². The first kappa shape index (κ1) is 17.6. The lowest BCUT2D eigenvalue weighted by Gasteiger charge is -2.26. The normalized spacial score (nSPS) is 15.9. The number of nitrogens with one attached hydrogen (secondary N) is 1. The number of carbonyl (C=O) groups excluding carboxylic acids is 1. The summed E-state index contributed by atoms with van der Waals surface area (Å²) in [5.74, 6) is 0.0494. The highest BCUT2D eigenvalue weighted by atomic mass is 16.2. The van der Waals surface area contributed by atoms with Crippen molar-refractivity contribution in [2.24, 2.45) is 0 Å². The molecule has 0 radical (unpaired) electrons. The first-order valence-corrected chi connectivity index (χ1v) is 9.53. The molecule has 0 aliphatic carbocycles. The van der Waals surface area contributed by atoms with Gasteiger partial charge in [0.1, 0.15) is 11.6 Å². The van der Waals surface area contributed by atoms with Crippen LogP contribution >= 0.6 is 0 Å². The van der Waals surface area contributed by atoms with Crippen molar-refractivity contribution < 1.29 is 4.79 Å². The van der Waals surface area contributed by atoms with Crippen molar-refractivity contribution in [3.63, 3.8) is 0 Å². The molecule has 4 rings (SSSR count). The summed E-state index contributed by atoms with van der Waals surface area (Å²) in [4.78, 5) is 19.3. The van der Waals surface area contributed by atoms with Crippen molar-refractivity contribution in [3.8, 4) is 0 Å². The summed E-state index contributed by atoms with van der Waals surface area (Å²) in [6.07, 6.45) is 6.63. The number of rotatable bonds is 7. The van der Waals surface area contributed by atoms with E-state index in [1.165, 1.54) is 0 Å². The van der Waals surface area contributed by atoms with Crippen molar-refractivity contribution in [2.75, 3.05) is 19.6 Å². The lowest BCUT2D eigenvalue weighted by atomic mass is 10.1. The van der Waals surface area contributed by atoms with Crippen molar-refractivity contribution in [1.82, 2.24) is 30.2 Å². The van der Waals surface area contributed by atoms with Crippen molar-refractivity contribution >= 4 is 16.9 Å². The molecule has 1 saturated heterocycles. The molecule has 7 nitrogen and oxygen atoms in total. The number of pyridine rings is 1. The first-order valence-electron chi connectivity index (χ1n) is 9.53. The fourth-order valence-corrected chi connectivity index (χ4v) is 3.69. The van der Waals surface area contributed by atoms with Crippen LogP contribution in [-0.2, 0) is 11.3 Å². The standard InChI is InChI=1S/C20H24N6O/c27-20(19(25-12-3-4-13-25)16-7-5-10-21-15-16)22-11-6-14-26-18-9-2-1-8-17(18)23-24-26/h1-2,5,7-10,15,19H,3-4,6,11-14H2,(H,22,27)/t19-/m0/s1. The van der Waals surface area contributed by atoms with Gasteiger partial charge in [0.25, 0.3) is 0 Å². The Kier molecular flexibility index (Phi) is 5.39. The number of amides is 1. The molecule has 3 heterocycles. The van der Waals surface area contributed by atoms with Gasteiger partial charge in [0.2, 0.25) is 5.91 Å². The van der Waals surface area contributed by atoms with Crippen molar-refractivity contribution in [3.05, 3.63) is 54.4 Å². The Hall–Kier alpha value is -2.80. The lowest BCUT2D eigenvalue weighted by molar-refractivity contribution is -0.126. The summed E-state index contributed by atoms with van der Waals surface area (Å²) >= 11 is 0. The number of carbonyl (C=O) groups is 1. The van der Waals surface area contributed by atoms with Gasteiger partial charge in [-0.3, -0.25) is 14.7 Å². The molecular formula is C20H24N6O. The summed E-state index contributed by atoms with van der Waals surface area (Å²) in [7, 11) is 0. The largest absolute Gasteiger partial charge is 0.354 e. The van der Waals surface area contributed by atoms with E-state index >= 15 is 0 Å². The highest BCUT2D eigenvalue weighted by Gasteiger charge is 2.29. The molecule has 7 heteroatoms. The van der Waals surface area contributed by atoms with Crippen LogP contribution in [0, 0.1) is 0 Å². The second kappa shape index (κ2) is 8.26. The van der Waals surface area contributed by atoms with Crippen LogP contribution in [0.1, 0.15) is 30.9 Å². The number of nitrogens with zero attached hydrogens (tertiary/aromatic N) is 5. The van der Waals surface area contributed by atoms with Crippen LogP contribution in [0.4, 0.5) is 0 Å². The van der Waals surface area contributed by atoms with Gasteiger partial charge in [0.15, 0.2) is 0 Å². The molecule has 0 bridgehead atoms. The maximum Gasteiger partial charge on any atom is 0.242 e. The van der Waals surface area contributed by atoms with Gasteiger partial charge in [-0.05, 0) is 56.1 Å². The monoisotopic (exact) mass is 364 g/mol. The minimum Gasteiger partial charge on any atom is -0.354 e. The van der Waals surface area contributed by atoms with Crippen molar-refractivity contribution in [1.29, 1.82) is 0 Å². The summed E-state index contributed by atoms with van der Waals surface area (Å²) in [5, 5.41) is 11.5. The Labute approximate surface area is 158 Å². The third-order valence-corrected chi connectivity index (χ3v) is 5.02. The van der Waals surface area contributed by atoms with Crippen LogP contribution in [-0.4, -0.2) is 50.4 Å². The van der Waals surface area contributed by atoms with Gasteiger partial charge < -0.3 is 5.32 Å². The van der Waals surface area contributed by atoms with Crippen LogP contribution < -0.4 is 5.32 Å². The molecule has 2 aromatic heterocycles. The zero-order valence-corrected chi connectivity index (χ0v) is 15.3. The molecule has 0 spiro atoms. The van der Waals surface area contributed by atoms with Crippen LogP contribution in [0.25, 0.3) is 11.0 Å². The van der Waals surface area contributed by atoms with Crippen LogP contribution in [0.3, 0.4) is 0 Å². The number of hydrogen-bond donors (Lipinski definition) is 1. The van der Waals surface area contributed by atoms with Gasteiger partial charge in [-0.15, -0.1) is 5.10 Å². The van der Waals surface area contributed by atoms with Gasteiger partial charge in [0, 0.05) is 25.5 Å². The van der Waals surface area contributed by atoms with Gasteiger partial charge >= 0.3 is 0 Å². The molecule has 1 aliphatic rings. The van der Waals surface area contributed by atoms with E-state index < -0.39 is 0 Å². The zero-order chi connectivity index (χ0) is 18.5. The fourth-order valence-electron chi connectivity index (χ4n) is 3.69. The average molecular weight is 364 g/mol. The zero-order valence-electron chi connectivity index (χ0n) is 15.3. The predicted octanol–water partition coefficient (Wildman–Crippen LogP) is 2.17. The SMILES string of the molecule is O=C(NCCCn1nnc2ccccc21)[C@H](c1cccnc1)N1CCCC1. The summed E-state index contributed by atoms with van der Waals surface area (Å²) in [6.45, 7) is 3.25. The van der Waals surface area contributed by atoms with E-state index in [9.17, 15) is 4.79 Å². The molecule has 1 aliphatic heterocycles. The van der Waals surface area contributed by atoms with E-state index in [-0.39, 0.29) is 11.9 Å². The van der Waals surface area contributed by atoms with Crippen LogP contribution in [0.5, 0.6) is 0 Å². The average Bonchev–Trinajstić information content (AvgIpc) is 3.37. The number of benzene rings is 1. The Morgan fingerprint density at radius 2 is 2.00 bits per heavy atom. The molecule has 27 heavy (non-hydrogen) atoms. The van der Waals surface area contributed by atoms with Gasteiger partial charge in [-0.2, -0.15) is 0 Å². The first-order chi connectivity index (χ1) is 13.3. The molecule has 0 unspecified atom stereocenters. The van der Waals surface area contributed by atoms with E-state index in [4.69, 9.17) is 0 Å². The second-order valence-electron chi connectivity index (χ2n) is 6.88. The minimum atomic E-state index is -0.256. The van der Waals surface area contributed by atoms with Gasteiger partial charge in [-0.25, -0.2) is 4.68 Å². The molecular weight excluding hydrogens is 340 g/mol. The molecule has 1 fully saturated rings. The summed E-state index contributed by atoms with van der Waals surface area (Å²) in [6, 6.07) is 11.5. The maximum absolute atomic E-state index is 12.9. The quantitative estimate of drug-likeness (QED) is 0.650. The van der Waals surface area contributed by atoms with Crippen LogP contribution in [0.2, 0.25) is 0 Å². The molecule has 1 aromatic carbocycles. The van der Waals surface area contributed by atoms with Crippen LogP contribution in [0.15, 0.2) is 48.8 Å². The highest BCUT2D eigenvalue weighted by Crippen LogP contribution is 2.24. The fraction of sp³-hybridized carbons (Fsp3) is 0.400. The van der Waals surface area contributed by atoms with E-state index in [1.54, 1.807) is 12.4 Å². The number of aryl methyl sites for hydroxylation is 1. The maximum atomic E-state index is 12.9.